The number of aliphatic hydroxyl groups is 1. The molecule has 12 heavy (non-hydrogen) atoms. The molecule has 0 bridgehead atoms. The van der Waals surface area contributed by atoms with Crippen LogP contribution in [-0.4, -0.2) is 25.4 Å². The van der Waals surface area contributed by atoms with Crippen molar-refractivity contribution in [3.05, 3.63) is 0 Å². The molecule has 1 atom stereocenters. The van der Waals surface area contributed by atoms with Gasteiger partial charge in [0.15, 0.2) is 0 Å². The molecule has 0 aromatic rings. The van der Waals surface area contributed by atoms with Crippen LogP contribution in [0.1, 0.15) is 39.0 Å². The molecule has 0 aliphatic carbocycles. The van der Waals surface area contributed by atoms with Crippen LogP contribution in [0, 0.1) is 0 Å². The SMILES string of the molecule is CCCCC(CCCO)[SH](=O)=O. The summed E-state index contributed by atoms with van der Waals surface area (Å²) in [6.07, 6.45) is 3.93. The second kappa shape index (κ2) is 7.55. The van der Waals surface area contributed by atoms with Crippen molar-refractivity contribution in [2.24, 2.45) is 0 Å². The summed E-state index contributed by atoms with van der Waals surface area (Å²) in [5, 5.41) is 8.31. The van der Waals surface area contributed by atoms with Crippen LogP contribution in [0.3, 0.4) is 0 Å². The molecule has 74 valence electrons. The number of thiol groups is 1. The minimum absolute atomic E-state index is 0.0891. The first-order chi connectivity index (χ1) is 5.72. The van der Waals surface area contributed by atoms with Gasteiger partial charge in [-0.15, -0.1) is 0 Å². The van der Waals surface area contributed by atoms with Gasteiger partial charge in [-0.25, -0.2) is 8.42 Å². The number of hydrogen-bond donors (Lipinski definition) is 2. The Hall–Kier alpha value is -0.0900. The molecule has 0 aromatic heterocycles. The Morgan fingerprint density at radius 1 is 1.25 bits per heavy atom. The van der Waals surface area contributed by atoms with Gasteiger partial charge in [0.05, 0.1) is 5.25 Å². The predicted octanol–water partition coefficient (Wildman–Crippen LogP) is 0.929. The van der Waals surface area contributed by atoms with Crippen molar-refractivity contribution >= 4 is 10.7 Å². The lowest BCUT2D eigenvalue weighted by atomic mass is 10.1. The van der Waals surface area contributed by atoms with Crippen LogP contribution in [-0.2, 0) is 10.7 Å². The summed E-state index contributed by atoms with van der Waals surface area (Å²) in [4.78, 5) is 0. The highest BCUT2D eigenvalue weighted by molar-refractivity contribution is 7.73. The second-order valence-corrected chi connectivity index (χ2v) is 4.25. The van der Waals surface area contributed by atoms with E-state index in [4.69, 9.17) is 5.11 Å². The highest BCUT2D eigenvalue weighted by Crippen LogP contribution is 2.09. The summed E-state index contributed by atoms with van der Waals surface area (Å²) in [6.45, 7) is 2.13. The van der Waals surface area contributed by atoms with Crippen LogP contribution in [0.25, 0.3) is 0 Å². The van der Waals surface area contributed by atoms with Gasteiger partial charge in [-0.1, -0.05) is 19.8 Å². The van der Waals surface area contributed by atoms with Crippen LogP contribution in [0.4, 0.5) is 0 Å². The molecule has 0 rings (SSSR count). The molecule has 0 aliphatic heterocycles. The summed E-state index contributed by atoms with van der Waals surface area (Å²) in [7, 11) is -2.30. The third-order valence-electron chi connectivity index (χ3n) is 1.88. The Labute approximate surface area is 75.7 Å². The zero-order valence-corrected chi connectivity index (χ0v) is 8.43. The van der Waals surface area contributed by atoms with E-state index in [0.29, 0.717) is 12.8 Å². The lowest BCUT2D eigenvalue weighted by Crippen LogP contribution is -2.10. The van der Waals surface area contributed by atoms with Crippen molar-refractivity contribution in [1.29, 1.82) is 0 Å². The molecule has 0 aliphatic rings. The largest absolute Gasteiger partial charge is 0.396 e. The molecule has 1 unspecified atom stereocenters. The average molecular weight is 194 g/mol. The van der Waals surface area contributed by atoms with Crippen LogP contribution in [0.2, 0.25) is 0 Å². The maximum absolute atomic E-state index is 10.7. The Bertz CT molecular complexity index is 150. The van der Waals surface area contributed by atoms with Crippen LogP contribution < -0.4 is 0 Å². The van der Waals surface area contributed by atoms with E-state index in [1.54, 1.807) is 0 Å². The number of rotatable bonds is 7. The fourth-order valence-corrected chi connectivity index (χ4v) is 1.91. The monoisotopic (exact) mass is 194 g/mol. The fraction of sp³-hybridized carbons (Fsp3) is 1.00. The van der Waals surface area contributed by atoms with Gasteiger partial charge in [0.2, 0.25) is 0 Å². The van der Waals surface area contributed by atoms with Gasteiger partial charge in [0.25, 0.3) is 0 Å². The summed E-state index contributed by atoms with van der Waals surface area (Å²) < 4.78 is 21.3. The van der Waals surface area contributed by atoms with Crippen molar-refractivity contribution in [1.82, 2.24) is 0 Å². The first-order valence-electron chi connectivity index (χ1n) is 4.46. The molecule has 4 heteroatoms. The van der Waals surface area contributed by atoms with E-state index >= 15 is 0 Å². The predicted molar refractivity (Wildman–Crippen MR) is 49.9 cm³/mol. The van der Waals surface area contributed by atoms with Crippen LogP contribution in [0.15, 0.2) is 0 Å². The van der Waals surface area contributed by atoms with E-state index in [1.165, 1.54) is 0 Å². The van der Waals surface area contributed by atoms with Crippen molar-refractivity contribution < 1.29 is 13.5 Å². The van der Waals surface area contributed by atoms with E-state index < -0.39 is 10.7 Å². The van der Waals surface area contributed by atoms with E-state index in [2.05, 4.69) is 0 Å². The molecule has 0 saturated heterocycles. The zero-order valence-electron chi connectivity index (χ0n) is 7.53. The van der Waals surface area contributed by atoms with Gasteiger partial charge < -0.3 is 5.11 Å². The van der Waals surface area contributed by atoms with E-state index in [0.717, 1.165) is 19.3 Å². The topological polar surface area (TPSA) is 54.4 Å². The molecule has 0 aromatic carbocycles. The van der Waals surface area contributed by atoms with Crippen molar-refractivity contribution in [3.8, 4) is 0 Å². The van der Waals surface area contributed by atoms with Crippen LogP contribution >= 0.6 is 0 Å². The number of unbranched alkanes of at least 4 members (excludes halogenated alkanes) is 1. The maximum atomic E-state index is 10.7. The second-order valence-electron chi connectivity index (χ2n) is 2.95. The highest BCUT2D eigenvalue weighted by Gasteiger charge is 2.09. The number of aliphatic hydroxyl groups excluding tert-OH is 1. The Morgan fingerprint density at radius 2 is 1.83 bits per heavy atom. The Balaban J connectivity index is 3.70. The first kappa shape index (κ1) is 11.9. The minimum Gasteiger partial charge on any atom is -0.396 e. The van der Waals surface area contributed by atoms with Gasteiger partial charge in [-0.05, 0) is 19.3 Å². The van der Waals surface area contributed by atoms with E-state index in [-0.39, 0.29) is 11.9 Å². The van der Waals surface area contributed by atoms with E-state index in [9.17, 15) is 8.42 Å². The Kier molecular flexibility index (Phi) is 7.50. The summed E-state index contributed by atoms with van der Waals surface area (Å²) in [5.74, 6) is 0. The minimum atomic E-state index is -2.30. The van der Waals surface area contributed by atoms with Gasteiger partial charge >= 0.3 is 0 Å². The molecular weight excluding hydrogens is 176 g/mol. The van der Waals surface area contributed by atoms with Gasteiger partial charge in [0.1, 0.15) is 10.7 Å². The quantitative estimate of drug-likeness (QED) is 0.593. The normalized spacial score (nSPS) is 13.6. The number of hydrogen-bond acceptors (Lipinski definition) is 3. The van der Waals surface area contributed by atoms with E-state index in [1.807, 2.05) is 6.92 Å². The lowest BCUT2D eigenvalue weighted by molar-refractivity contribution is 0.282. The highest BCUT2D eigenvalue weighted by atomic mass is 32.2. The molecular formula is C8H18O3S. The van der Waals surface area contributed by atoms with Crippen molar-refractivity contribution in [3.63, 3.8) is 0 Å². The molecule has 0 fully saturated rings. The molecule has 3 nitrogen and oxygen atoms in total. The lowest BCUT2D eigenvalue weighted by Gasteiger charge is -2.07. The summed E-state index contributed by atoms with van der Waals surface area (Å²) in [6, 6.07) is 0. The molecule has 1 N–H and O–H groups in total. The summed E-state index contributed by atoms with van der Waals surface area (Å²) in [5.41, 5.74) is 0. The fourth-order valence-electron chi connectivity index (χ4n) is 1.12. The smallest absolute Gasteiger partial charge is 0.143 e. The Morgan fingerprint density at radius 3 is 2.25 bits per heavy atom. The zero-order chi connectivity index (χ0) is 9.40. The van der Waals surface area contributed by atoms with Crippen molar-refractivity contribution in [2.45, 2.75) is 44.3 Å². The summed E-state index contributed by atoms with van der Waals surface area (Å²) >= 11 is 0. The maximum Gasteiger partial charge on any atom is 0.143 e. The molecule has 0 saturated carbocycles. The third-order valence-corrected chi connectivity index (χ3v) is 3.00. The average Bonchev–Trinajstić information content (AvgIpc) is 2.04. The van der Waals surface area contributed by atoms with Gasteiger partial charge in [-0.2, -0.15) is 0 Å². The molecule has 0 heterocycles. The third kappa shape index (κ3) is 5.55. The molecule has 0 amide bonds. The van der Waals surface area contributed by atoms with Gasteiger partial charge in [0, 0.05) is 6.61 Å². The van der Waals surface area contributed by atoms with Gasteiger partial charge in [-0.3, -0.25) is 0 Å². The van der Waals surface area contributed by atoms with Crippen molar-refractivity contribution in [2.75, 3.05) is 6.61 Å². The standard InChI is InChI=1S/C8H18O3S/c1-2-3-5-8(12(10)11)6-4-7-9/h8-9,12H,2-7H2,1H3. The molecule has 0 spiro atoms. The molecule has 0 radical (unpaired) electrons. The van der Waals surface area contributed by atoms with Crippen LogP contribution in [0.5, 0.6) is 0 Å². The first-order valence-corrected chi connectivity index (χ1v) is 5.71.